The van der Waals surface area contributed by atoms with Crippen molar-refractivity contribution >= 4 is 34.1 Å². The van der Waals surface area contributed by atoms with Crippen molar-refractivity contribution in [1.82, 2.24) is 4.98 Å². The monoisotopic (exact) mass is 396 g/mol. The van der Waals surface area contributed by atoms with Gasteiger partial charge >= 0.3 is 0 Å². The van der Waals surface area contributed by atoms with Crippen LogP contribution in [0, 0.1) is 13.8 Å². The van der Waals surface area contributed by atoms with E-state index in [4.69, 9.17) is 9.40 Å². The lowest BCUT2D eigenvalue weighted by Crippen LogP contribution is -2.27. The maximum atomic E-state index is 12.6. The summed E-state index contributed by atoms with van der Waals surface area (Å²) in [4.78, 5) is 20.7. The van der Waals surface area contributed by atoms with Crippen LogP contribution in [0.15, 0.2) is 34.9 Å². The van der Waals surface area contributed by atoms with Crippen LogP contribution in [-0.2, 0) is 17.6 Å². The Morgan fingerprint density at radius 1 is 1.22 bits per heavy atom. The molecule has 2 aromatic heterocycles. The number of furan rings is 1. The lowest BCUT2D eigenvalue weighted by Gasteiger charge is -2.19. The quantitative estimate of drug-likeness (QED) is 0.591. The summed E-state index contributed by atoms with van der Waals surface area (Å²) in [5.74, 6) is 1.37. The lowest BCUT2D eigenvalue weighted by atomic mass is 9.97. The smallest absolute Gasteiger partial charge is 0.240 e. The Morgan fingerprint density at radius 3 is 2.89 bits per heavy atom. The Bertz CT molecular complexity index is 1020. The fraction of sp³-hybridized carbons (Fsp3) is 0.333. The van der Waals surface area contributed by atoms with Crippen molar-refractivity contribution in [1.29, 1.82) is 0 Å². The Hall–Kier alpha value is -2.05. The third-order valence-corrected chi connectivity index (χ3v) is 7.66. The van der Waals surface area contributed by atoms with Gasteiger partial charge in [0.25, 0.3) is 0 Å². The van der Waals surface area contributed by atoms with Gasteiger partial charge in [-0.1, -0.05) is 6.07 Å². The molecule has 1 saturated heterocycles. The second-order valence-electron chi connectivity index (χ2n) is 7.16. The van der Waals surface area contributed by atoms with Gasteiger partial charge in [0, 0.05) is 10.4 Å². The van der Waals surface area contributed by atoms with Crippen LogP contribution in [0.1, 0.15) is 39.1 Å². The minimum atomic E-state index is -0.124. The van der Waals surface area contributed by atoms with Crippen molar-refractivity contribution in [3.8, 4) is 11.3 Å². The van der Waals surface area contributed by atoms with Gasteiger partial charge in [0.1, 0.15) is 11.1 Å². The van der Waals surface area contributed by atoms with Gasteiger partial charge in [0.05, 0.1) is 17.7 Å². The predicted octanol–water partition coefficient (Wildman–Crippen LogP) is 5.29. The van der Waals surface area contributed by atoms with Crippen LogP contribution < -0.4 is 4.90 Å². The number of hydrogen-bond donors (Lipinski definition) is 0. The summed E-state index contributed by atoms with van der Waals surface area (Å²) in [6, 6.07) is 8.38. The zero-order chi connectivity index (χ0) is 18.5. The third kappa shape index (κ3) is 2.82. The summed E-state index contributed by atoms with van der Waals surface area (Å²) in [7, 11) is 0. The zero-order valence-electron chi connectivity index (χ0n) is 15.3. The molecule has 0 saturated carbocycles. The van der Waals surface area contributed by atoms with Crippen molar-refractivity contribution in [3.63, 3.8) is 0 Å². The Balaban J connectivity index is 1.61. The van der Waals surface area contributed by atoms with Crippen LogP contribution in [0.5, 0.6) is 0 Å². The molecule has 138 valence electrons. The summed E-state index contributed by atoms with van der Waals surface area (Å²) in [5, 5.41) is 0.670. The molecule has 1 atom stereocenters. The SMILES string of the molecule is Cc1cc2c(cc1C)-c1nc(N3C(=O)CSC3c3ccco3)sc1CCC2. The molecule has 0 N–H and O–H groups in total. The van der Waals surface area contributed by atoms with Crippen LogP contribution in [0.3, 0.4) is 0 Å². The van der Waals surface area contributed by atoms with Crippen molar-refractivity contribution in [2.45, 2.75) is 38.5 Å². The van der Waals surface area contributed by atoms with Gasteiger partial charge in [0.2, 0.25) is 5.91 Å². The highest BCUT2D eigenvalue weighted by atomic mass is 32.2. The van der Waals surface area contributed by atoms with Crippen LogP contribution in [0.2, 0.25) is 0 Å². The van der Waals surface area contributed by atoms with Crippen LogP contribution >= 0.6 is 23.1 Å². The Labute approximate surface area is 166 Å². The van der Waals surface area contributed by atoms with Crippen molar-refractivity contribution in [2.75, 3.05) is 10.7 Å². The molecule has 1 aromatic carbocycles. The van der Waals surface area contributed by atoms with E-state index in [1.807, 2.05) is 17.0 Å². The highest BCUT2D eigenvalue weighted by molar-refractivity contribution is 8.00. The number of thioether (sulfide) groups is 1. The van der Waals surface area contributed by atoms with Gasteiger partial charge in [-0.05, 0) is 68.0 Å². The molecular weight excluding hydrogens is 376 g/mol. The zero-order valence-corrected chi connectivity index (χ0v) is 17.0. The molecule has 5 rings (SSSR count). The number of carbonyl (C=O) groups excluding carboxylic acids is 1. The first-order valence-corrected chi connectivity index (χ1v) is 11.1. The van der Waals surface area contributed by atoms with E-state index >= 15 is 0 Å². The molecule has 0 bridgehead atoms. The molecule has 2 aliphatic rings. The van der Waals surface area contributed by atoms with Crippen molar-refractivity contribution in [3.05, 3.63) is 57.9 Å². The number of rotatable bonds is 2. The van der Waals surface area contributed by atoms with Crippen LogP contribution in [-0.4, -0.2) is 16.6 Å². The van der Waals surface area contributed by atoms with Crippen molar-refractivity contribution < 1.29 is 9.21 Å². The highest BCUT2D eigenvalue weighted by Crippen LogP contribution is 2.46. The minimum Gasteiger partial charge on any atom is -0.466 e. The minimum absolute atomic E-state index is 0.102. The van der Waals surface area contributed by atoms with E-state index in [9.17, 15) is 4.79 Å². The average Bonchev–Trinajstić information content (AvgIpc) is 3.35. The number of anilines is 1. The molecule has 3 aromatic rings. The van der Waals surface area contributed by atoms with Crippen LogP contribution in [0.4, 0.5) is 5.13 Å². The molecule has 1 aliphatic heterocycles. The molecule has 1 fully saturated rings. The predicted molar refractivity (Wildman–Crippen MR) is 110 cm³/mol. The molecule has 27 heavy (non-hydrogen) atoms. The topological polar surface area (TPSA) is 46.3 Å². The Morgan fingerprint density at radius 2 is 2.07 bits per heavy atom. The van der Waals surface area contributed by atoms with Gasteiger partial charge in [-0.15, -0.1) is 23.1 Å². The molecule has 1 unspecified atom stereocenters. The summed E-state index contributed by atoms with van der Waals surface area (Å²) in [5.41, 5.74) is 6.29. The Kier molecular flexibility index (Phi) is 4.13. The van der Waals surface area contributed by atoms with E-state index in [2.05, 4.69) is 26.0 Å². The number of nitrogens with zero attached hydrogens (tertiary/aromatic N) is 2. The van der Waals surface area contributed by atoms with E-state index in [0.717, 1.165) is 35.8 Å². The second kappa shape index (κ2) is 6.53. The van der Waals surface area contributed by atoms with Crippen LogP contribution in [0.25, 0.3) is 11.3 Å². The summed E-state index contributed by atoms with van der Waals surface area (Å²) >= 11 is 3.26. The van der Waals surface area contributed by atoms with Gasteiger partial charge in [0.15, 0.2) is 5.13 Å². The number of aromatic nitrogens is 1. The molecule has 4 nitrogen and oxygen atoms in total. The van der Waals surface area contributed by atoms with E-state index in [0.29, 0.717) is 5.75 Å². The molecule has 6 heteroatoms. The fourth-order valence-corrected chi connectivity index (χ4v) is 6.17. The second-order valence-corrected chi connectivity index (χ2v) is 9.29. The first-order chi connectivity index (χ1) is 13.1. The molecule has 0 spiro atoms. The first kappa shape index (κ1) is 17.1. The maximum Gasteiger partial charge on any atom is 0.240 e. The lowest BCUT2D eigenvalue weighted by molar-refractivity contribution is -0.115. The number of amides is 1. The normalized spacial score (nSPS) is 19.1. The molecule has 1 aliphatic carbocycles. The van der Waals surface area contributed by atoms with E-state index in [-0.39, 0.29) is 11.3 Å². The third-order valence-electron chi connectivity index (χ3n) is 5.37. The number of aryl methyl sites for hydroxylation is 4. The van der Waals surface area contributed by atoms with Gasteiger partial charge < -0.3 is 4.42 Å². The maximum absolute atomic E-state index is 12.6. The summed E-state index contributed by atoms with van der Waals surface area (Å²) in [6.07, 6.45) is 4.88. The number of benzene rings is 1. The molecule has 3 heterocycles. The van der Waals surface area contributed by atoms with Gasteiger partial charge in [-0.2, -0.15) is 0 Å². The van der Waals surface area contributed by atoms with E-state index in [1.54, 1.807) is 29.4 Å². The van der Waals surface area contributed by atoms with Gasteiger partial charge in [-0.25, -0.2) is 4.98 Å². The fourth-order valence-electron chi connectivity index (χ4n) is 3.84. The number of hydrogen-bond acceptors (Lipinski definition) is 5. The van der Waals surface area contributed by atoms with E-state index in [1.165, 1.54) is 27.1 Å². The first-order valence-electron chi connectivity index (χ1n) is 9.19. The highest BCUT2D eigenvalue weighted by Gasteiger charge is 2.38. The van der Waals surface area contributed by atoms with Crippen molar-refractivity contribution in [2.24, 2.45) is 0 Å². The molecular formula is C21H20N2O2S2. The standard InChI is InChI=1S/C21H20N2O2S2/c1-12-9-14-5-3-7-17-19(15(14)10-13(12)2)22-21(27-17)23-18(24)11-26-20(23)16-6-4-8-25-16/h4,6,8-10,20H,3,5,7,11H2,1-2H3. The molecule has 1 amide bonds. The number of carbonyl (C=O) groups is 1. The number of thiazole rings is 1. The largest absolute Gasteiger partial charge is 0.466 e. The van der Waals surface area contributed by atoms with Gasteiger partial charge in [-0.3, -0.25) is 9.69 Å². The number of fused-ring (bicyclic) bond motifs is 3. The molecule has 0 radical (unpaired) electrons. The summed E-state index contributed by atoms with van der Waals surface area (Å²) in [6.45, 7) is 4.32. The summed E-state index contributed by atoms with van der Waals surface area (Å²) < 4.78 is 5.59. The average molecular weight is 397 g/mol. The van der Waals surface area contributed by atoms with E-state index < -0.39 is 0 Å².